The van der Waals surface area contributed by atoms with Gasteiger partial charge in [0, 0.05) is 6.04 Å². The van der Waals surface area contributed by atoms with Gasteiger partial charge in [0.2, 0.25) is 15.9 Å². The highest BCUT2D eigenvalue weighted by atomic mass is 32.2. The van der Waals surface area contributed by atoms with Crippen LogP contribution in [0, 0.1) is 5.92 Å². The molecule has 0 spiro atoms. The van der Waals surface area contributed by atoms with E-state index in [-0.39, 0.29) is 22.8 Å². The lowest BCUT2D eigenvalue weighted by Crippen LogP contribution is -2.50. The Kier molecular flexibility index (Phi) is 4.45. The van der Waals surface area contributed by atoms with Gasteiger partial charge in [-0.25, -0.2) is 8.42 Å². The van der Waals surface area contributed by atoms with Gasteiger partial charge in [-0.2, -0.15) is 4.72 Å². The molecule has 110 valence electrons. The molecule has 1 fully saturated rings. The molecule has 0 radical (unpaired) electrons. The minimum Gasteiger partial charge on any atom is -0.352 e. The lowest BCUT2D eigenvalue weighted by atomic mass is 10.1. The van der Waals surface area contributed by atoms with E-state index in [9.17, 15) is 13.2 Å². The van der Waals surface area contributed by atoms with Crippen molar-refractivity contribution in [1.29, 1.82) is 0 Å². The van der Waals surface area contributed by atoms with Crippen LogP contribution in [-0.2, 0) is 14.8 Å². The maximum atomic E-state index is 12.3. The van der Waals surface area contributed by atoms with Gasteiger partial charge in [0.05, 0.1) is 4.90 Å². The second-order valence-electron chi connectivity index (χ2n) is 5.44. The second-order valence-corrected chi connectivity index (χ2v) is 7.15. The highest BCUT2D eigenvalue weighted by Crippen LogP contribution is 2.19. The molecule has 2 rings (SSSR count). The Morgan fingerprint density at radius 1 is 1.20 bits per heavy atom. The number of rotatable bonds is 6. The first-order valence-corrected chi connectivity index (χ1v) is 8.26. The summed E-state index contributed by atoms with van der Waals surface area (Å²) >= 11 is 0. The average Bonchev–Trinajstić information content (AvgIpc) is 3.20. The molecule has 0 bridgehead atoms. The van der Waals surface area contributed by atoms with Crippen molar-refractivity contribution >= 4 is 15.9 Å². The summed E-state index contributed by atoms with van der Waals surface area (Å²) in [5, 5.41) is 2.84. The predicted molar refractivity (Wildman–Crippen MR) is 76.6 cm³/mol. The summed E-state index contributed by atoms with van der Waals surface area (Å²) in [6, 6.07) is 7.55. The normalized spacial score (nSPS) is 16.9. The van der Waals surface area contributed by atoms with Crippen LogP contribution in [-0.4, -0.2) is 26.4 Å². The SMILES string of the molecule is CC(C)C(NS(=O)(=O)c1ccccc1)C(=O)NC1CC1. The molecule has 0 aliphatic heterocycles. The lowest BCUT2D eigenvalue weighted by molar-refractivity contribution is -0.123. The highest BCUT2D eigenvalue weighted by Gasteiger charge is 2.32. The first kappa shape index (κ1) is 15.0. The van der Waals surface area contributed by atoms with Crippen LogP contribution in [0.1, 0.15) is 26.7 Å². The zero-order valence-corrected chi connectivity index (χ0v) is 12.5. The van der Waals surface area contributed by atoms with Crippen LogP contribution < -0.4 is 10.0 Å². The van der Waals surface area contributed by atoms with E-state index in [0.717, 1.165) is 12.8 Å². The van der Waals surface area contributed by atoms with Gasteiger partial charge in [0.15, 0.2) is 0 Å². The fraction of sp³-hybridized carbons (Fsp3) is 0.500. The topological polar surface area (TPSA) is 75.3 Å². The summed E-state index contributed by atoms with van der Waals surface area (Å²) in [4.78, 5) is 12.3. The smallest absolute Gasteiger partial charge is 0.241 e. The Morgan fingerprint density at radius 2 is 1.80 bits per heavy atom. The van der Waals surface area contributed by atoms with Crippen molar-refractivity contribution in [3.05, 3.63) is 30.3 Å². The molecule has 1 saturated carbocycles. The van der Waals surface area contributed by atoms with Crippen molar-refractivity contribution in [3.8, 4) is 0 Å². The van der Waals surface area contributed by atoms with Crippen LogP contribution in [0.4, 0.5) is 0 Å². The standard InChI is InChI=1S/C14H20N2O3S/c1-10(2)13(14(17)15-11-8-9-11)16-20(18,19)12-6-4-3-5-7-12/h3-7,10-11,13,16H,8-9H2,1-2H3,(H,15,17). The van der Waals surface area contributed by atoms with E-state index >= 15 is 0 Å². The van der Waals surface area contributed by atoms with Gasteiger partial charge >= 0.3 is 0 Å². The van der Waals surface area contributed by atoms with Crippen LogP contribution in [0.15, 0.2) is 35.2 Å². The van der Waals surface area contributed by atoms with E-state index in [2.05, 4.69) is 10.0 Å². The van der Waals surface area contributed by atoms with Gasteiger partial charge in [-0.1, -0.05) is 32.0 Å². The van der Waals surface area contributed by atoms with Crippen molar-refractivity contribution in [1.82, 2.24) is 10.0 Å². The highest BCUT2D eigenvalue weighted by molar-refractivity contribution is 7.89. The van der Waals surface area contributed by atoms with Gasteiger partial charge in [0.25, 0.3) is 0 Å². The summed E-state index contributed by atoms with van der Waals surface area (Å²) in [6.45, 7) is 3.65. The minimum absolute atomic E-state index is 0.118. The third kappa shape index (κ3) is 3.80. The first-order valence-electron chi connectivity index (χ1n) is 6.78. The third-order valence-corrected chi connectivity index (χ3v) is 4.67. The van der Waals surface area contributed by atoms with E-state index in [0.29, 0.717) is 0 Å². The molecule has 1 amide bonds. The summed E-state index contributed by atoms with van der Waals surface area (Å²) in [7, 11) is -3.68. The zero-order chi connectivity index (χ0) is 14.8. The Bertz CT molecular complexity index is 565. The monoisotopic (exact) mass is 296 g/mol. The van der Waals surface area contributed by atoms with Gasteiger partial charge in [-0.3, -0.25) is 4.79 Å². The largest absolute Gasteiger partial charge is 0.352 e. The first-order chi connectivity index (χ1) is 9.40. The van der Waals surface area contributed by atoms with Gasteiger partial charge in [0.1, 0.15) is 6.04 Å². The van der Waals surface area contributed by atoms with E-state index < -0.39 is 16.1 Å². The number of sulfonamides is 1. The summed E-state index contributed by atoms with van der Waals surface area (Å²) < 4.78 is 27.0. The number of nitrogens with one attached hydrogen (secondary N) is 2. The molecular formula is C14H20N2O3S. The molecule has 0 aromatic heterocycles. The summed E-state index contributed by atoms with van der Waals surface area (Å²) in [5.74, 6) is -0.366. The molecular weight excluding hydrogens is 276 g/mol. The lowest BCUT2D eigenvalue weighted by Gasteiger charge is -2.21. The number of hydrogen-bond donors (Lipinski definition) is 2. The van der Waals surface area contributed by atoms with Gasteiger partial charge in [-0.15, -0.1) is 0 Å². The molecule has 1 atom stereocenters. The fourth-order valence-electron chi connectivity index (χ4n) is 1.85. The van der Waals surface area contributed by atoms with Crippen molar-refractivity contribution in [3.63, 3.8) is 0 Å². The van der Waals surface area contributed by atoms with E-state index in [4.69, 9.17) is 0 Å². The molecule has 1 unspecified atom stereocenters. The number of carbonyl (C=O) groups is 1. The number of benzene rings is 1. The van der Waals surface area contributed by atoms with Crippen LogP contribution in [0.3, 0.4) is 0 Å². The third-order valence-electron chi connectivity index (χ3n) is 3.21. The molecule has 6 heteroatoms. The Labute approximate surface area is 119 Å². The molecule has 5 nitrogen and oxygen atoms in total. The summed E-state index contributed by atoms with van der Waals surface area (Å²) in [5.41, 5.74) is 0. The van der Waals surface area contributed by atoms with Crippen LogP contribution >= 0.6 is 0 Å². The van der Waals surface area contributed by atoms with Crippen LogP contribution in [0.25, 0.3) is 0 Å². The number of amides is 1. The Balaban J connectivity index is 2.12. The maximum absolute atomic E-state index is 12.3. The summed E-state index contributed by atoms with van der Waals surface area (Å²) in [6.07, 6.45) is 1.95. The molecule has 1 aliphatic rings. The van der Waals surface area contributed by atoms with E-state index in [1.54, 1.807) is 18.2 Å². The molecule has 1 aromatic rings. The van der Waals surface area contributed by atoms with Gasteiger partial charge in [-0.05, 0) is 30.9 Å². The van der Waals surface area contributed by atoms with Crippen molar-refractivity contribution < 1.29 is 13.2 Å². The van der Waals surface area contributed by atoms with E-state index in [1.165, 1.54) is 12.1 Å². The maximum Gasteiger partial charge on any atom is 0.241 e. The molecule has 2 N–H and O–H groups in total. The quantitative estimate of drug-likeness (QED) is 0.830. The zero-order valence-electron chi connectivity index (χ0n) is 11.7. The Morgan fingerprint density at radius 3 is 2.30 bits per heavy atom. The molecule has 20 heavy (non-hydrogen) atoms. The van der Waals surface area contributed by atoms with Crippen molar-refractivity contribution in [2.24, 2.45) is 5.92 Å². The van der Waals surface area contributed by atoms with Crippen LogP contribution in [0.5, 0.6) is 0 Å². The predicted octanol–water partition coefficient (Wildman–Crippen LogP) is 1.27. The second kappa shape index (κ2) is 5.93. The van der Waals surface area contributed by atoms with Gasteiger partial charge < -0.3 is 5.32 Å². The number of carbonyl (C=O) groups excluding carboxylic acids is 1. The number of hydrogen-bond acceptors (Lipinski definition) is 3. The van der Waals surface area contributed by atoms with Crippen LogP contribution in [0.2, 0.25) is 0 Å². The minimum atomic E-state index is -3.68. The van der Waals surface area contributed by atoms with Crippen molar-refractivity contribution in [2.75, 3.05) is 0 Å². The molecule has 1 aliphatic carbocycles. The average molecular weight is 296 g/mol. The van der Waals surface area contributed by atoms with E-state index in [1.807, 2.05) is 13.8 Å². The Hall–Kier alpha value is -1.40. The van der Waals surface area contributed by atoms with Crippen molar-refractivity contribution in [2.45, 2.75) is 43.7 Å². The molecule has 1 aromatic carbocycles. The molecule has 0 saturated heterocycles. The molecule has 0 heterocycles. The fourth-order valence-corrected chi connectivity index (χ4v) is 3.21.